The summed E-state index contributed by atoms with van der Waals surface area (Å²) in [5.74, 6) is 0.820. The van der Waals surface area contributed by atoms with Crippen LogP contribution in [0.25, 0.3) is 0 Å². The lowest BCUT2D eigenvalue weighted by Crippen LogP contribution is -1.99. The van der Waals surface area contributed by atoms with Gasteiger partial charge in [0.2, 0.25) is 5.23 Å². The molecule has 1 aliphatic rings. The molecule has 0 aromatic heterocycles. The highest BCUT2D eigenvalue weighted by Gasteiger charge is 2.22. The number of benzene rings is 1. The van der Waals surface area contributed by atoms with Gasteiger partial charge in [-0.15, -0.1) is 0 Å². The Morgan fingerprint density at radius 3 is 2.62 bits per heavy atom. The second-order valence-corrected chi connectivity index (χ2v) is 4.19. The van der Waals surface area contributed by atoms with Crippen LogP contribution in [0, 0.1) is 5.41 Å². The summed E-state index contributed by atoms with van der Waals surface area (Å²) in [5, 5.41) is 8.32. The van der Waals surface area contributed by atoms with Crippen molar-refractivity contribution in [1.82, 2.24) is 0 Å². The Balaban J connectivity index is 2.17. The number of hydrogen-bond donors (Lipinski definition) is 1. The molecule has 0 spiro atoms. The summed E-state index contributed by atoms with van der Waals surface area (Å²) in [7, 11) is 0. The fourth-order valence-electron chi connectivity index (χ4n) is 1.19. The summed E-state index contributed by atoms with van der Waals surface area (Å²) in [6, 6.07) is 7.55. The lowest BCUT2D eigenvalue weighted by molar-refractivity contribution is 0.234. The average molecular weight is 214 g/mol. The van der Waals surface area contributed by atoms with Crippen LogP contribution in [-0.2, 0) is 4.74 Å². The van der Waals surface area contributed by atoms with Gasteiger partial charge in [0.25, 0.3) is 0 Å². The van der Waals surface area contributed by atoms with Crippen LogP contribution in [0.2, 0.25) is 5.02 Å². The van der Waals surface area contributed by atoms with E-state index >= 15 is 0 Å². The van der Waals surface area contributed by atoms with Crippen molar-refractivity contribution < 1.29 is 4.74 Å². The van der Waals surface area contributed by atoms with E-state index in [1.54, 1.807) is 0 Å². The van der Waals surface area contributed by atoms with E-state index in [0.717, 1.165) is 16.3 Å². The fourth-order valence-corrected chi connectivity index (χ4v) is 2.06. The zero-order valence-corrected chi connectivity index (χ0v) is 8.36. The highest BCUT2D eigenvalue weighted by molar-refractivity contribution is 8.13. The van der Waals surface area contributed by atoms with Gasteiger partial charge in [-0.3, -0.25) is 5.41 Å². The fraction of sp³-hybridized carbons (Fsp3) is 0.222. The molecule has 1 aromatic carbocycles. The molecule has 0 saturated carbocycles. The van der Waals surface area contributed by atoms with Gasteiger partial charge in [-0.1, -0.05) is 35.5 Å². The first kappa shape index (κ1) is 8.91. The monoisotopic (exact) mass is 213 g/mol. The summed E-state index contributed by atoms with van der Waals surface area (Å²) in [6.07, 6.45) is 0.0229. The standard InChI is InChI=1S/C9H8ClNOS/c10-7-3-1-6(2-4-7)8-5-13-9(11)12-8/h1-4,8,11H,5H2/t8-/m1/s1. The third-order valence-corrected chi connectivity index (χ3v) is 2.94. The first-order valence-electron chi connectivity index (χ1n) is 3.89. The van der Waals surface area contributed by atoms with Gasteiger partial charge in [0.05, 0.1) is 0 Å². The van der Waals surface area contributed by atoms with Crippen molar-refractivity contribution in [2.45, 2.75) is 6.10 Å². The molecule has 1 heterocycles. The Morgan fingerprint density at radius 2 is 2.08 bits per heavy atom. The highest BCUT2D eigenvalue weighted by atomic mass is 35.5. The Hall–Kier alpha value is -0.670. The Morgan fingerprint density at radius 1 is 1.38 bits per heavy atom. The van der Waals surface area contributed by atoms with Gasteiger partial charge in [-0.25, -0.2) is 0 Å². The second-order valence-electron chi connectivity index (χ2n) is 2.76. The van der Waals surface area contributed by atoms with Crippen molar-refractivity contribution in [3.8, 4) is 0 Å². The molecular weight excluding hydrogens is 206 g/mol. The highest BCUT2D eigenvalue weighted by Crippen LogP contribution is 2.31. The number of thioether (sulfide) groups is 1. The summed E-state index contributed by atoms with van der Waals surface area (Å²) in [6.45, 7) is 0. The van der Waals surface area contributed by atoms with E-state index in [1.807, 2.05) is 24.3 Å². The van der Waals surface area contributed by atoms with Gasteiger partial charge in [0, 0.05) is 10.8 Å². The summed E-state index contributed by atoms with van der Waals surface area (Å²) in [5.41, 5.74) is 1.08. The van der Waals surface area contributed by atoms with E-state index in [0.29, 0.717) is 5.23 Å². The van der Waals surface area contributed by atoms with Gasteiger partial charge >= 0.3 is 0 Å². The van der Waals surface area contributed by atoms with Crippen molar-refractivity contribution in [1.29, 1.82) is 5.41 Å². The van der Waals surface area contributed by atoms with Crippen molar-refractivity contribution in [2.75, 3.05) is 5.75 Å². The van der Waals surface area contributed by atoms with Gasteiger partial charge in [-0.2, -0.15) is 0 Å². The minimum Gasteiger partial charge on any atom is -0.464 e. The minimum atomic E-state index is 0.0229. The van der Waals surface area contributed by atoms with Gasteiger partial charge < -0.3 is 4.74 Å². The molecule has 68 valence electrons. The van der Waals surface area contributed by atoms with Crippen molar-refractivity contribution in [2.24, 2.45) is 0 Å². The molecule has 1 N–H and O–H groups in total. The van der Waals surface area contributed by atoms with Crippen molar-refractivity contribution >= 4 is 28.6 Å². The Bertz CT molecular complexity index is 325. The molecule has 0 bridgehead atoms. The molecule has 2 rings (SSSR count). The van der Waals surface area contributed by atoms with Crippen LogP contribution in [0.1, 0.15) is 11.7 Å². The predicted octanol–water partition coefficient (Wildman–Crippen LogP) is 3.08. The third kappa shape index (κ3) is 1.98. The lowest BCUT2D eigenvalue weighted by atomic mass is 10.1. The van der Waals surface area contributed by atoms with Crippen molar-refractivity contribution in [3.63, 3.8) is 0 Å². The molecule has 1 atom stereocenters. The van der Waals surface area contributed by atoms with E-state index in [-0.39, 0.29) is 6.10 Å². The van der Waals surface area contributed by atoms with E-state index in [4.69, 9.17) is 21.7 Å². The normalized spacial score (nSPS) is 21.6. The molecule has 13 heavy (non-hydrogen) atoms. The quantitative estimate of drug-likeness (QED) is 0.778. The predicted molar refractivity (Wildman–Crippen MR) is 55.5 cm³/mol. The molecule has 0 radical (unpaired) electrons. The molecule has 0 amide bonds. The average Bonchev–Trinajstić information content (AvgIpc) is 2.53. The van der Waals surface area contributed by atoms with Crippen LogP contribution >= 0.6 is 23.4 Å². The first-order valence-corrected chi connectivity index (χ1v) is 5.25. The van der Waals surface area contributed by atoms with Crippen molar-refractivity contribution in [3.05, 3.63) is 34.9 Å². The number of ether oxygens (including phenoxy) is 1. The zero-order valence-electron chi connectivity index (χ0n) is 6.79. The third-order valence-electron chi connectivity index (χ3n) is 1.86. The van der Waals surface area contributed by atoms with Crippen LogP contribution in [0.15, 0.2) is 24.3 Å². The Kier molecular flexibility index (Phi) is 2.47. The number of halogens is 1. The lowest BCUT2D eigenvalue weighted by Gasteiger charge is -2.08. The maximum Gasteiger partial charge on any atom is 0.243 e. The van der Waals surface area contributed by atoms with E-state index in [2.05, 4.69) is 0 Å². The van der Waals surface area contributed by atoms with Crippen LogP contribution < -0.4 is 0 Å². The largest absolute Gasteiger partial charge is 0.464 e. The van der Waals surface area contributed by atoms with E-state index in [1.165, 1.54) is 11.8 Å². The minimum absolute atomic E-state index is 0.0229. The molecule has 0 unspecified atom stereocenters. The first-order chi connectivity index (χ1) is 6.25. The molecular formula is C9H8ClNOS. The Labute approximate surface area is 85.7 Å². The molecule has 4 heteroatoms. The van der Waals surface area contributed by atoms with Gasteiger partial charge in [0.1, 0.15) is 6.10 Å². The number of rotatable bonds is 1. The van der Waals surface area contributed by atoms with Crippen LogP contribution in [0.4, 0.5) is 0 Å². The van der Waals surface area contributed by atoms with Gasteiger partial charge in [0.15, 0.2) is 0 Å². The van der Waals surface area contributed by atoms with Crippen LogP contribution in [0.3, 0.4) is 0 Å². The van der Waals surface area contributed by atoms with Crippen LogP contribution in [-0.4, -0.2) is 11.0 Å². The molecule has 1 aromatic rings. The topological polar surface area (TPSA) is 33.1 Å². The molecule has 2 nitrogen and oxygen atoms in total. The molecule has 1 aliphatic heterocycles. The smallest absolute Gasteiger partial charge is 0.243 e. The van der Waals surface area contributed by atoms with E-state index < -0.39 is 0 Å². The van der Waals surface area contributed by atoms with Crippen LogP contribution in [0.5, 0.6) is 0 Å². The maximum atomic E-state index is 7.29. The SMILES string of the molecule is N=C1O[C@@H](c2ccc(Cl)cc2)CS1. The molecule has 1 saturated heterocycles. The molecule has 0 aliphatic carbocycles. The summed E-state index contributed by atoms with van der Waals surface area (Å²) in [4.78, 5) is 0. The second kappa shape index (κ2) is 3.60. The zero-order chi connectivity index (χ0) is 9.26. The number of nitrogens with one attached hydrogen (secondary N) is 1. The summed E-state index contributed by atoms with van der Waals surface area (Å²) < 4.78 is 5.29. The summed E-state index contributed by atoms with van der Waals surface area (Å²) >= 11 is 7.19. The number of hydrogen-bond acceptors (Lipinski definition) is 3. The van der Waals surface area contributed by atoms with Gasteiger partial charge in [-0.05, 0) is 17.7 Å². The van der Waals surface area contributed by atoms with E-state index in [9.17, 15) is 0 Å². The molecule has 1 fully saturated rings. The maximum absolute atomic E-state index is 7.29.